The van der Waals surface area contributed by atoms with E-state index in [1.165, 1.54) is 11.3 Å². The fraction of sp³-hybridized carbons (Fsp3) is 0.333. The van der Waals surface area contributed by atoms with Crippen LogP contribution in [0.4, 0.5) is 0 Å². The normalized spacial score (nSPS) is 13.0. The first-order valence-electron chi connectivity index (χ1n) is 4.66. The summed E-state index contributed by atoms with van der Waals surface area (Å²) < 4.78 is 6.55. The van der Waals surface area contributed by atoms with E-state index in [0.717, 1.165) is 6.42 Å². The van der Waals surface area contributed by atoms with E-state index >= 15 is 0 Å². The van der Waals surface area contributed by atoms with Crippen molar-refractivity contribution in [1.29, 1.82) is 0 Å². The molecule has 0 bridgehead atoms. The lowest BCUT2D eigenvalue weighted by Gasteiger charge is -1.99. The van der Waals surface area contributed by atoms with Gasteiger partial charge in [-0.05, 0) is 12.5 Å². The van der Waals surface area contributed by atoms with Gasteiger partial charge in [-0.1, -0.05) is 30.1 Å². The maximum absolute atomic E-state index is 5.98. The Bertz CT molecular complexity index is 497. The van der Waals surface area contributed by atoms with Crippen molar-refractivity contribution in [3.63, 3.8) is 0 Å². The van der Waals surface area contributed by atoms with Gasteiger partial charge in [0, 0.05) is 0 Å². The van der Waals surface area contributed by atoms with Gasteiger partial charge < -0.3 is 10.2 Å². The van der Waals surface area contributed by atoms with E-state index in [9.17, 15) is 0 Å². The van der Waals surface area contributed by atoms with Crippen molar-refractivity contribution in [2.45, 2.75) is 19.4 Å². The first-order chi connectivity index (χ1) is 7.61. The summed E-state index contributed by atoms with van der Waals surface area (Å²) in [6.07, 6.45) is 0.736. The zero-order valence-corrected chi connectivity index (χ0v) is 10.7. The van der Waals surface area contributed by atoms with Gasteiger partial charge in [0.05, 0.1) is 15.9 Å². The molecule has 0 saturated carbocycles. The smallest absolute Gasteiger partial charge is 0.250 e. The molecule has 1 atom stereocenters. The standard InChI is InChI=1S/C9H9Cl2N3OS/c1-2-5(12)9-14-13-8(15-9)4-3-6(10)16-7(4)11/h3,5H,2,12H2,1H3. The predicted octanol–water partition coefficient (Wildman–Crippen LogP) is 3.51. The molecule has 0 spiro atoms. The van der Waals surface area contributed by atoms with Crippen LogP contribution < -0.4 is 5.73 Å². The van der Waals surface area contributed by atoms with Crippen molar-refractivity contribution < 1.29 is 4.42 Å². The molecular formula is C9H9Cl2N3OS. The molecule has 0 aliphatic heterocycles. The van der Waals surface area contributed by atoms with E-state index in [-0.39, 0.29) is 6.04 Å². The number of hydrogen-bond acceptors (Lipinski definition) is 5. The van der Waals surface area contributed by atoms with Gasteiger partial charge in [-0.3, -0.25) is 0 Å². The van der Waals surface area contributed by atoms with Crippen LogP contribution in [0.2, 0.25) is 8.67 Å². The second-order valence-corrected chi connectivity index (χ2v) is 5.48. The van der Waals surface area contributed by atoms with Gasteiger partial charge in [0.1, 0.15) is 4.34 Å². The number of thiophene rings is 1. The number of halogens is 2. The van der Waals surface area contributed by atoms with Crippen LogP contribution in [0.5, 0.6) is 0 Å². The third-order valence-corrected chi connectivity index (χ3v) is 3.57. The molecule has 0 aromatic carbocycles. The van der Waals surface area contributed by atoms with Crippen molar-refractivity contribution in [3.8, 4) is 11.5 Å². The zero-order chi connectivity index (χ0) is 11.7. The highest BCUT2D eigenvalue weighted by atomic mass is 35.5. The van der Waals surface area contributed by atoms with E-state index in [0.29, 0.717) is 26.0 Å². The summed E-state index contributed by atoms with van der Waals surface area (Å²) >= 11 is 13.1. The van der Waals surface area contributed by atoms with Gasteiger partial charge in [0.15, 0.2) is 0 Å². The first kappa shape index (κ1) is 11.9. The van der Waals surface area contributed by atoms with Gasteiger partial charge in [-0.25, -0.2) is 0 Å². The molecule has 16 heavy (non-hydrogen) atoms. The molecule has 0 radical (unpaired) electrons. The molecule has 0 saturated heterocycles. The third kappa shape index (κ3) is 2.22. The molecule has 4 nitrogen and oxygen atoms in total. The van der Waals surface area contributed by atoms with E-state index in [1.807, 2.05) is 6.92 Å². The Balaban J connectivity index is 2.35. The van der Waals surface area contributed by atoms with Crippen LogP contribution >= 0.6 is 34.5 Å². The lowest BCUT2D eigenvalue weighted by molar-refractivity contribution is 0.453. The minimum absolute atomic E-state index is 0.242. The van der Waals surface area contributed by atoms with E-state index in [1.54, 1.807) is 6.07 Å². The maximum atomic E-state index is 5.98. The highest BCUT2D eigenvalue weighted by molar-refractivity contribution is 7.20. The highest BCUT2D eigenvalue weighted by Crippen LogP contribution is 2.37. The Kier molecular flexibility index (Phi) is 3.49. The fourth-order valence-electron chi connectivity index (χ4n) is 1.15. The number of aromatic nitrogens is 2. The van der Waals surface area contributed by atoms with Crippen molar-refractivity contribution in [2.24, 2.45) is 5.73 Å². The summed E-state index contributed by atoms with van der Waals surface area (Å²) in [5.74, 6) is 0.767. The Hall–Kier alpha value is -0.620. The number of nitrogens with two attached hydrogens (primary N) is 1. The average molecular weight is 278 g/mol. The molecule has 2 aromatic rings. The summed E-state index contributed by atoms with van der Waals surface area (Å²) in [4.78, 5) is 0. The fourth-order valence-corrected chi connectivity index (χ4v) is 2.60. The van der Waals surface area contributed by atoms with Crippen LogP contribution in [0, 0.1) is 0 Å². The van der Waals surface area contributed by atoms with Crippen LogP contribution in [-0.4, -0.2) is 10.2 Å². The Morgan fingerprint density at radius 1 is 1.50 bits per heavy atom. The van der Waals surface area contributed by atoms with Gasteiger partial charge >= 0.3 is 0 Å². The second-order valence-electron chi connectivity index (χ2n) is 3.20. The van der Waals surface area contributed by atoms with Crippen LogP contribution in [0.15, 0.2) is 10.5 Å². The Labute approximate surface area is 106 Å². The molecular weight excluding hydrogens is 269 g/mol. The Morgan fingerprint density at radius 3 is 2.81 bits per heavy atom. The first-order valence-corrected chi connectivity index (χ1v) is 6.23. The summed E-state index contributed by atoms with van der Waals surface area (Å²) in [7, 11) is 0. The van der Waals surface area contributed by atoms with Crippen LogP contribution in [0.3, 0.4) is 0 Å². The number of rotatable bonds is 3. The molecule has 2 aromatic heterocycles. The van der Waals surface area contributed by atoms with Gasteiger partial charge in [-0.15, -0.1) is 21.5 Å². The topological polar surface area (TPSA) is 64.9 Å². The van der Waals surface area contributed by atoms with Gasteiger partial charge in [0.2, 0.25) is 11.8 Å². The van der Waals surface area contributed by atoms with E-state index in [2.05, 4.69) is 10.2 Å². The molecule has 2 N–H and O–H groups in total. The molecule has 86 valence electrons. The quantitative estimate of drug-likeness (QED) is 0.932. The molecule has 0 aliphatic carbocycles. The van der Waals surface area contributed by atoms with Crippen molar-refractivity contribution in [2.75, 3.05) is 0 Å². The largest absolute Gasteiger partial charge is 0.419 e. The predicted molar refractivity (Wildman–Crippen MR) is 64.9 cm³/mol. The molecule has 1 unspecified atom stereocenters. The van der Waals surface area contributed by atoms with Crippen LogP contribution in [0.1, 0.15) is 25.3 Å². The van der Waals surface area contributed by atoms with Crippen LogP contribution in [-0.2, 0) is 0 Å². The summed E-state index contributed by atoms with van der Waals surface area (Å²) in [5, 5.41) is 7.77. The van der Waals surface area contributed by atoms with Gasteiger partial charge in [0.25, 0.3) is 0 Å². The van der Waals surface area contributed by atoms with Gasteiger partial charge in [-0.2, -0.15) is 0 Å². The lowest BCUT2D eigenvalue weighted by atomic mass is 10.2. The molecule has 2 rings (SSSR count). The molecule has 7 heteroatoms. The summed E-state index contributed by atoms with van der Waals surface area (Å²) in [5.41, 5.74) is 6.43. The Morgan fingerprint density at radius 2 is 2.25 bits per heavy atom. The minimum Gasteiger partial charge on any atom is -0.419 e. The average Bonchev–Trinajstić information content (AvgIpc) is 2.83. The van der Waals surface area contributed by atoms with E-state index in [4.69, 9.17) is 33.4 Å². The summed E-state index contributed by atoms with van der Waals surface area (Å²) in [6.45, 7) is 1.95. The third-order valence-electron chi connectivity index (χ3n) is 2.08. The molecule has 0 amide bonds. The lowest BCUT2D eigenvalue weighted by Crippen LogP contribution is -2.08. The van der Waals surface area contributed by atoms with E-state index < -0.39 is 0 Å². The SMILES string of the molecule is CCC(N)c1nnc(-c2cc(Cl)sc2Cl)o1. The molecule has 2 heterocycles. The zero-order valence-electron chi connectivity index (χ0n) is 8.41. The molecule has 0 fully saturated rings. The maximum Gasteiger partial charge on any atom is 0.250 e. The molecule has 0 aliphatic rings. The number of hydrogen-bond donors (Lipinski definition) is 1. The van der Waals surface area contributed by atoms with Crippen molar-refractivity contribution in [3.05, 3.63) is 20.6 Å². The second kappa shape index (κ2) is 4.71. The monoisotopic (exact) mass is 277 g/mol. The van der Waals surface area contributed by atoms with Crippen LogP contribution in [0.25, 0.3) is 11.5 Å². The van der Waals surface area contributed by atoms with Crippen molar-refractivity contribution in [1.82, 2.24) is 10.2 Å². The minimum atomic E-state index is -0.242. The summed E-state index contributed by atoms with van der Waals surface area (Å²) in [6, 6.07) is 1.46. The highest BCUT2D eigenvalue weighted by Gasteiger charge is 2.17. The number of nitrogens with zero attached hydrogens (tertiary/aromatic N) is 2. The van der Waals surface area contributed by atoms with Crippen molar-refractivity contribution >= 4 is 34.5 Å².